The van der Waals surface area contributed by atoms with Crippen LogP contribution in [0.15, 0.2) is 85.5 Å². The molecule has 246 valence electrons. The predicted octanol–water partition coefficient (Wildman–Crippen LogP) is 7.84. The van der Waals surface area contributed by atoms with Gasteiger partial charge in [-0.2, -0.15) is 0 Å². The van der Waals surface area contributed by atoms with Crippen molar-refractivity contribution in [2.75, 3.05) is 62.2 Å². The summed E-state index contributed by atoms with van der Waals surface area (Å²) in [6.45, 7) is 5.44. The number of aromatic nitrogens is 2. The number of rotatable bonds is 4. The first-order valence-corrected chi connectivity index (χ1v) is 16.8. The van der Waals surface area contributed by atoms with Crippen LogP contribution in [0, 0.1) is 0 Å². The zero-order chi connectivity index (χ0) is 33.2. The minimum Gasteiger partial charge on any atom is -0.410 e. The molecule has 2 aromatic carbocycles. The van der Waals surface area contributed by atoms with Gasteiger partial charge < -0.3 is 24.3 Å². The third-order valence-corrected chi connectivity index (χ3v) is 8.90. The zero-order valence-corrected chi connectivity index (χ0v) is 28.6. The Morgan fingerprint density at radius 2 is 1.00 bits per heavy atom. The maximum atomic E-state index is 12.6. The molecule has 0 atom stereocenters. The van der Waals surface area contributed by atoms with Crippen LogP contribution in [0.4, 0.5) is 16.2 Å². The molecule has 0 unspecified atom stereocenters. The van der Waals surface area contributed by atoms with Gasteiger partial charge in [0.25, 0.3) is 5.91 Å². The Bertz CT molecular complexity index is 1610. The number of nitrogens with zero attached hydrogens (tertiary/aromatic N) is 6. The molecule has 2 amide bonds. The Kier molecular flexibility index (Phi) is 12.4. The number of amides is 2. The van der Waals surface area contributed by atoms with Gasteiger partial charge in [0.2, 0.25) is 0 Å². The van der Waals surface area contributed by atoms with Crippen molar-refractivity contribution in [2.24, 2.45) is 0 Å². The standard InChI is InChI=1S/C17H17Cl2N3O2.C17H17Cl2N3O/c18-14-11-20-12-15(19)16(14)21-7-4-8-22(10-9-21)17(23)24-13-5-2-1-3-6-13;18-14-11-20-12-15(19)16(14)21-7-4-8-22(10-9-21)17(23)13-5-2-1-3-6-13/h1-3,5-6,11-12H,4,7-10H2;1-3,5-6,11-12H,4,7-10H2. The second-order valence-electron chi connectivity index (χ2n) is 10.9. The van der Waals surface area contributed by atoms with Crippen molar-refractivity contribution in [3.05, 3.63) is 111 Å². The summed E-state index contributed by atoms with van der Waals surface area (Å²) in [5.41, 5.74) is 2.30. The number of ether oxygens (including phenoxy) is 1. The molecular formula is C34H34Cl4N6O3. The maximum Gasteiger partial charge on any atom is 0.415 e. The summed E-state index contributed by atoms with van der Waals surface area (Å²) in [6, 6.07) is 18.4. The molecule has 0 spiro atoms. The van der Waals surface area contributed by atoms with E-state index in [0.29, 0.717) is 58.6 Å². The summed E-state index contributed by atoms with van der Waals surface area (Å²) < 4.78 is 5.40. The smallest absolute Gasteiger partial charge is 0.410 e. The van der Waals surface area contributed by atoms with Crippen LogP contribution in [-0.4, -0.2) is 84.1 Å². The Balaban J connectivity index is 0.000000185. The van der Waals surface area contributed by atoms with Gasteiger partial charge in [0.1, 0.15) is 5.75 Å². The van der Waals surface area contributed by atoms with Crippen LogP contribution in [0.1, 0.15) is 23.2 Å². The maximum absolute atomic E-state index is 12.6. The van der Waals surface area contributed by atoms with E-state index in [2.05, 4.69) is 19.8 Å². The Morgan fingerprint density at radius 3 is 1.51 bits per heavy atom. The van der Waals surface area contributed by atoms with E-state index in [1.165, 1.54) is 0 Å². The largest absolute Gasteiger partial charge is 0.415 e. The monoisotopic (exact) mass is 714 g/mol. The quantitative estimate of drug-likeness (QED) is 0.213. The molecule has 2 aliphatic heterocycles. The fraction of sp³-hybridized carbons (Fsp3) is 0.294. The number of carbonyl (C=O) groups is 2. The lowest BCUT2D eigenvalue weighted by molar-refractivity contribution is 0.0767. The summed E-state index contributed by atoms with van der Waals surface area (Å²) in [6.07, 6.45) is 7.69. The molecule has 0 aliphatic carbocycles. The SMILES string of the molecule is O=C(Oc1ccccc1)N1CCCN(c2c(Cl)cncc2Cl)CC1.O=C(c1ccccc1)N1CCCN(c2c(Cl)cncc2Cl)CC1. The molecule has 4 heterocycles. The van der Waals surface area contributed by atoms with E-state index in [1.807, 2.05) is 53.4 Å². The second kappa shape index (κ2) is 16.9. The topological polar surface area (TPSA) is 82.1 Å². The number of pyridine rings is 2. The van der Waals surface area contributed by atoms with Crippen LogP contribution in [0.5, 0.6) is 5.75 Å². The molecule has 47 heavy (non-hydrogen) atoms. The molecule has 2 aliphatic rings. The molecule has 13 heteroatoms. The molecule has 6 rings (SSSR count). The van der Waals surface area contributed by atoms with E-state index >= 15 is 0 Å². The van der Waals surface area contributed by atoms with Crippen molar-refractivity contribution in [2.45, 2.75) is 12.8 Å². The van der Waals surface area contributed by atoms with Crippen molar-refractivity contribution in [1.82, 2.24) is 19.8 Å². The normalized spacial score (nSPS) is 15.2. The van der Waals surface area contributed by atoms with Gasteiger partial charge in [0.15, 0.2) is 0 Å². The van der Waals surface area contributed by atoms with E-state index in [9.17, 15) is 9.59 Å². The van der Waals surface area contributed by atoms with E-state index in [4.69, 9.17) is 51.1 Å². The third kappa shape index (κ3) is 9.20. The highest BCUT2D eigenvalue weighted by molar-refractivity contribution is 6.39. The fourth-order valence-corrected chi connectivity index (χ4v) is 6.71. The number of hydrogen-bond donors (Lipinski definition) is 0. The summed E-state index contributed by atoms with van der Waals surface area (Å²) in [7, 11) is 0. The molecule has 2 aromatic heterocycles. The van der Waals surface area contributed by atoms with Crippen molar-refractivity contribution in [1.29, 1.82) is 0 Å². The van der Waals surface area contributed by atoms with Crippen LogP contribution < -0.4 is 14.5 Å². The highest BCUT2D eigenvalue weighted by Gasteiger charge is 2.24. The zero-order valence-electron chi connectivity index (χ0n) is 25.6. The first-order valence-electron chi connectivity index (χ1n) is 15.3. The Hall–Kier alpha value is -3.76. The van der Waals surface area contributed by atoms with E-state index < -0.39 is 0 Å². The molecule has 2 fully saturated rings. The molecular weight excluding hydrogens is 682 g/mol. The van der Waals surface area contributed by atoms with E-state index in [0.717, 1.165) is 49.4 Å². The lowest BCUT2D eigenvalue weighted by Gasteiger charge is -2.25. The van der Waals surface area contributed by atoms with Gasteiger partial charge in [-0.1, -0.05) is 82.8 Å². The number of carbonyl (C=O) groups excluding carboxylic acids is 2. The lowest BCUT2D eigenvalue weighted by Crippen LogP contribution is -2.37. The summed E-state index contributed by atoms with van der Waals surface area (Å²) in [5.74, 6) is 0.614. The molecule has 4 aromatic rings. The number of hydrogen-bond acceptors (Lipinski definition) is 7. The summed E-state index contributed by atoms with van der Waals surface area (Å²) in [4.78, 5) is 40.7. The lowest BCUT2D eigenvalue weighted by atomic mass is 10.2. The fourth-order valence-electron chi connectivity index (χ4n) is 5.50. The molecule has 2 saturated heterocycles. The van der Waals surface area contributed by atoms with Gasteiger partial charge in [0, 0.05) is 82.7 Å². The van der Waals surface area contributed by atoms with Crippen LogP contribution in [-0.2, 0) is 0 Å². The van der Waals surface area contributed by atoms with E-state index in [-0.39, 0.29) is 12.0 Å². The molecule has 0 saturated carbocycles. The van der Waals surface area contributed by atoms with Crippen LogP contribution in [0.3, 0.4) is 0 Å². The third-order valence-electron chi connectivity index (χ3n) is 7.80. The Morgan fingerprint density at radius 1 is 0.553 bits per heavy atom. The number of halogens is 4. The molecule has 9 nitrogen and oxygen atoms in total. The van der Waals surface area contributed by atoms with Gasteiger partial charge in [0.05, 0.1) is 31.5 Å². The minimum atomic E-state index is -0.338. The average Bonchev–Trinajstić information content (AvgIpc) is 3.47. The number of para-hydroxylation sites is 1. The van der Waals surface area contributed by atoms with Crippen molar-refractivity contribution in [3.8, 4) is 5.75 Å². The van der Waals surface area contributed by atoms with Crippen LogP contribution in [0.25, 0.3) is 0 Å². The van der Waals surface area contributed by atoms with Gasteiger partial charge >= 0.3 is 6.09 Å². The van der Waals surface area contributed by atoms with Crippen molar-refractivity contribution in [3.63, 3.8) is 0 Å². The number of benzene rings is 2. The Labute approximate surface area is 294 Å². The first kappa shape index (κ1) is 34.6. The molecule has 0 bridgehead atoms. The van der Waals surface area contributed by atoms with Gasteiger partial charge in [-0.25, -0.2) is 4.79 Å². The van der Waals surface area contributed by atoms with Gasteiger partial charge in [-0.15, -0.1) is 0 Å². The van der Waals surface area contributed by atoms with E-state index in [1.54, 1.807) is 41.8 Å². The first-order chi connectivity index (χ1) is 22.8. The van der Waals surface area contributed by atoms with Crippen molar-refractivity contribution >= 4 is 69.8 Å². The van der Waals surface area contributed by atoms with Crippen LogP contribution >= 0.6 is 46.4 Å². The second-order valence-corrected chi connectivity index (χ2v) is 12.5. The predicted molar refractivity (Wildman–Crippen MR) is 189 cm³/mol. The van der Waals surface area contributed by atoms with Crippen molar-refractivity contribution < 1.29 is 14.3 Å². The summed E-state index contributed by atoms with van der Waals surface area (Å²) >= 11 is 24.9. The average molecular weight is 716 g/mol. The molecule has 0 radical (unpaired) electrons. The minimum absolute atomic E-state index is 0.0689. The number of anilines is 2. The van der Waals surface area contributed by atoms with Gasteiger partial charge in [-0.3, -0.25) is 14.8 Å². The van der Waals surface area contributed by atoms with Gasteiger partial charge in [-0.05, 0) is 37.1 Å². The summed E-state index contributed by atoms with van der Waals surface area (Å²) in [5, 5.41) is 2.12. The molecule has 0 N–H and O–H groups in total. The highest BCUT2D eigenvalue weighted by atomic mass is 35.5. The highest BCUT2D eigenvalue weighted by Crippen LogP contribution is 2.34. The van der Waals surface area contributed by atoms with Crippen LogP contribution in [0.2, 0.25) is 20.1 Å².